The Bertz CT molecular complexity index is 774. The summed E-state index contributed by atoms with van der Waals surface area (Å²) >= 11 is 3.50. The van der Waals surface area contributed by atoms with E-state index in [2.05, 4.69) is 54.1 Å². The third kappa shape index (κ3) is 4.15. The van der Waals surface area contributed by atoms with E-state index >= 15 is 0 Å². The molecule has 2 heterocycles. The second kappa shape index (κ2) is 7.66. The van der Waals surface area contributed by atoms with Gasteiger partial charge in [0.2, 0.25) is 0 Å². The van der Waals surface area contributed by atoms with E-state index in [4.69, 9.17) is 0 Å². The van der Waals surface area contributed by atoms with Crippen LogP contribution in [0.15, 0.2) is 75.9 Å². The lowest BCUT2D eigenvalue weighted by molar-refractivity contribution is 0.989. The summed E-state index contributed by atoms with van der Waals surface area (Å²) in [6.07, 6.45) is 3.78. The van der Waals surface area contributed by atoms with Gasteiger partial charge in [0.15, 0.2) is 0 Å². The average molecular weight is 339 g/mol. The molecule has 3 aromatic rings. The number of rotatable bonds is 5. The molecule has 0 amide bonds. The highest BCUT2D eigenvalue weighted by molar-refractivity contribution is 7.99. The van der Waals surface area contributed by atoms with Crippen molar-refractivity contribution in [3.63, 3.8) is 0 Å². The number of nitrogens with zero attached hydrogens (tertiary/aromatic N) is 2. The van der Waals surface area contributed by atoms with Crippen LogP contribution in [0.5, 0.6) is 0 Å². The lowest BCUT2D eigenvalue weighted by Crippen LogP contribution is -1.94. The minimum Gasteiger partial charge on any atom is -0.250 e. The fraction of sp³-hybridized carbons (Fsp3) is 0.158. The molecule has 0 bridgehead atoms. The van der Waals surface area contributed by atoms with Gasteiger partial charge in [0, 0.05) is 23.0 Å². The van der Waals surface area contributed by atoms with Crippen LogP contribution in [0.4, 0.5) is 0 Å². The van der Waals surface area contributed by atoms with Crippen LogP contribution in [0, 0.1) is 13.8 Å². The summed E-state index contributed by atoms with van der Waals surface area (Å²) in [7, 11) is 0. The zero-order chi connectivity index (χ0) is 16.1. The SMILES string of the molecule is Cc1cnc(Sc2ccccn2)c(C)c1SCc1ccccc1. The molecule has 2 aromatic heterocycles. The Kier molecular flexibility index (Phi) is 5.36. The number of hydrogen-bond acceptors (Lipinski definition) is 4. The van der Waals surface area contributed by atoms with Crippen molar-refractivity contribution in [1.29, 1.82) is 0 Å². The number of aromatic nitrogens is 2. The third-order valence-electron chi connectivity index (χ3n) is 3.46. The molecule has 23 heavy (non-hydrogen) atoms. The topological polar surface area (TPSA) is 25.8 Å². The van der Waals surface area contributed by atoms with Gasteiger partial charge < -0.3 is 0 Å². The molecular weight excluding hydrogens is 320 g/mol. The van der Waals surface area contributed by atoms with E-state index in [9.17, 15) is 0 Å². The first kappa shape index (κ1) is 16.1. The van der Waals surface area contributed by atoms with E-state index in [1.54, 1.807) is 11.8 Å². The molecule has 0 saturated heterocycles. The number of hydrogen-bond donors (Lipinski definition) is 0. The minimum atomic E-state index is 0.972. The lowest BCUT2D eigenvalue weighted by Gasteiger charge is -2.12. The molecule has 1 aromatic carbocycles. The van der Waals surface area contributed by atoms with Crippen molar-refractivity contribution < 1.29 is 0 Å². The lowest BCUT2D eigenvalue weighted by atomic mass is 10.2. The molecule has 0 atom stereocenters. The molecule has 0 unspecified atom stereocenters. The van der Waals surface area contributed by atoms with Crippen LogP contribution in [0.2, 0.25) is 0 Å². The number of thioether (sulfide) groups is 1. The molecule has 0 saturated carbocycles. The molecule has 0 aliphatic heterocycles. The highest BCUT2D eigenvalue weighted by atomic mass is 32.2. The fourth-order valence-electron chi connectivity index (χ4n) is 2.27. The summed E-state index contributed by atoms with van der Waals surface area (Å²) in [4.78, 5) is 10.3. The maximum Gasteiger partial charge on any atom is 0.106 e. The Labute approximate surface area is 145 Å². The van der Waals surface area contributed by atoms with Crippen LogP contribution >= 0.6 is 23.5 Å². The zero-order valence-electron chi connectivity index (χ0n) is 13.2. The average Bonchev–Trinajstić information content (AvgIpc) is 2.59. The van der Waals surface area contributed by atoms with Gasteiger partial charge >= 0.3 is 0 Å². The first-order valence-electron chi connectivity index (χ1n) is 7.46. The van der Waals surface area contributed by atoms with Crippen molar-refractivity contribution in [2.45, 2.75) is 34.5 Å². The summed E-state index contributed by atoms with van der Waals surface area (Å²) in [5.41, 5.74) is 3.81. The Balaban J connectivity index is 1.81. The Morgan fingerprint density at radius 3 is 2.43 bits per heavy atom. The normalized spacial score (nSPS) is 10.7. The number of aryl methyl sites for hydroxylation is 1. The molecule has 2 nitrogen and oxygen atoms in total. The van der Waals surface area contributed by atoms with Gasteiger partial charge in [-0.15, -0.1) is 11.8 Å². The van der Waals surface area contributed by atoms with Gasteiger partial charge in [0.1, 0.15) is 10.1 Å². The first-order valence-corrected chi connectivity index (χ1v) is 9.26. The molecular formula is C19H18N2S2. The number of pyridine rings is 2. The molecule has 0 fully saturated rings. The Morgan fingerprint density at radius 2 is 1.70 bits per heavy atom. The van der Waals surface area contributed by atoms with Crippen LogP contribution < -0.4 is 0 Å². The van der Waals surface area contributed by atoms with Crippen LogP contribution in [0.3, 0.4) is 0 Å². The third-order valence-corrected chi connectivity index (χ3v) is 5.91. The van der Waals surface area contributed by atoms with Gasteiger partial charge in [-0.05, 0) is 54.4 Å². The van der Waals surface area contributed by atoms with Gasteiger partial charge in [-0.1, -0.05) is 36.4 Å². The summed E-state index contributed by atoms with van der Waals surface area (Å²) in [6, 6.07) is 16.5. The summed E-state index contributed by atoms with van der Waals surface area (Å²) in [5, 5.41) is 2.01. The Morgan fingerprint density at radius 1 is 0.913 bits per heavy atom. The molecule has 0 aliphatic carbocycles. The van der Waals surface area contributed by atoms with E-state index in [-0.39, 0.29) is 0 Å². The van der Waals surface area contributed by atoms with Gasteiger partial charge in [-0.2, -0.15) is 0 Å². The van der Waals surface area contributed by atoms with Crippen molar-refractivity contribution in [2.24, 2.45) is 0 Å². The highest BCUT2D eigenvalue weighted by Gasteiger charge is 2.11. The summed E-state index contributed by atoms with van der Waals surface area (Å²) in [6.45, 7) is 4.28. The first-order chi connectivity index (χ1) is 11.2. The molecule has 0 N–H and O–H groups in total. The monoisotopic (exact) mass is 338 g/mol. The van der Waals surface area contributed by atoms with E-state index in [1.165, 1.54) is 21.6 Å². The fourth-order valence-corrected chi connectivity index (χ4v) is 4.25. The minimum absolute atomic E-state index is 0.972. The predicted octanol–water partition coefficient (Wildman–Crippen LogP) is 5.54. The van der Waals surface area contributed by atoms with Crippen molar-refractivity contribution in [3.8, 4) is 0 Å². The quantitative estimate of drug-likeness (QED) is 0.571. The van der Waals surface area contributed by atoms with Crippen molar-refractivity contribution in [2.75, 3.05) is 0 Å². The predicted molar refractivity (Wildman–Crippen MR) is 98.1 cm³/mol. The van der Waals surface area contributed by atoms with Gasteiger partial charge in [0.25, 0.3) is 0 Å². The zero-order valence-corrected chi connectivity index (χ0v) is 14.8. The maximum atomic E-state index is 4.60. The summed E-state index contributed by atoms with van der Waals surface area (Å²) in [5.74, 6) is 0.972. The largest absolute Gasteiger partial charge is 0.250 e. The standard InChI is InChI=1S/C19H18N2S2/c1-14-12-21-19(23-17-10-6-7-11-20-17)15(2)18(14)22-13-16-8-4-3-5-9-16/h3-12H,13H2,1-2H3. The Hall–Kier alpha value is -1.78. The van der Waals surface area contributed by atoms with Crippen molar-refractivity contribution in [3.05, 3.63) is 77.6 Å². The molecule has 3 rings (SSSR count). The van der Waals surface area contributed by atoms with Crippen LogP contribution in [0.25, 0.3) is 0 Å². The molecule has 0 radical (unpaired) electrons. The molecule has 4 heteroatoms. The van der Waals surface area contributed by atoms with Crippen LogP contribution in [-0.2, 0) is 5.75 Å². The molecule has 116 valence electrons. The highest BCUT2D eigenvalue weighted by Crippen LogP contribution is 2.35. The van der Waals surface area contributed by atoms with E-state index < -0.39 is 0 Å². The van der Waals surface area contributed by atoms with Crippen LogP contribution in [-0.4, -0.2) is 9.97 Å². The second-order valence-corrected chi connectivity index (χ2v) is 7.24. The summed E-state index contributed by atoms with van der Waals surface area (Å²) < 4.78 is 0. The molecule has 0 aliphatic rings. The molecule has 0 spiro atoms. The van der Waals surface area contributed by atoms with Crippen LogP contribution in [0.1, 0.15) is 16.7 Å². The van der Waals surface area contributed by atoms with Gasteiger partial charge in [-0.3, -0.25) is 0 Å². The van der Waals surface area contributed by atoms with E-state index in [0.29, 0.717) is 0 Å². The number of benzene rings is 1. The second-order valence-electron chi connectivity index (χ2n) is 5.24. The van der Waals surface area contributed by atoms with Crippen molar-refractivity contribution in [1.82, 2.24) is 9.97 Å². The maximum absolute atomic E-state index is 4.60. The van der Waals surface area contributed by atoms with Gasteiger partial charge in [0.05, 0.1) is 0 Å². The van der Waals surface area contributed by atoms with Crippen molar-refractivity contribution >= 4 is 23.5 Å². The van der Waals surface area contributed by atoms with Gasteiger partial charge in [-0.25, -0.2) is 9.97 Å². The smallest absolute Gasteiger partial charge is 0.106 e. The van der Waals surface area contributed by atoms with E-state index in [0.717, 1.165) is 15.8 Å². The van der Waals surface area contributed by atoms with E-state index in [1.807, 2.05) is 42.4 Å².